The average molecular weight is 648 g/mol. The first kappa shape index (κ1) is 33.9. The van der Waals surface area contributed by atoms with Crippen LogP contribution < -0.4 is 23.8 Å². The summed E-state index contributed by atoms with van der Waals surface area (Å²) in [5.41, 5.74) is 3.11. The number of nitrogens with zero attached hydrogens (tertiary/aromatic N) is 3. The van der Waals surface area contributed by atoms with Crippen LogP contribution in [0.2, 0.25) is 0 Å². The molecule has 8 nitrogen and oxygen atoms in total. The SMILES string of the molecule is COc1cc(CCN2CCN(CCCCOc3ccccc3C3(C(C)C)Sc4ccccc4N(C)C3=O)CC2)cc(OC)c1OC. The highest BCUT2D eigenvalue weighted by Gasteiger charge is 2.51. The van der Waals surface area contributed by atoms with Crippen molar-refractivity contribution in [2.45, 2.75) is 42.8 Å². The van der Waals surface area contributed by atoms with E-state index in [2.05, 4.69) is 35.8 Å². The summed E-state index contributed by atoms with van der Waals surface area (Å²) >= 11 is 1.66. The normalized spacial score (nSPS) is 18.8. The van der Waals surface area contributed by atoms with Crippen LogP contribution in [-0.4, -0.2) is 90.0 Å². The van der Waals surface area contributed by atoms with Gasteiger partial charge in [0.2, 0.25) is 11.7 Å². The molecule has 5 rings (SSSR count). The van der Waals surface area contributed by atoms with Gasteiger partial charge in [0, 0.05) is 50.2 Å². The first-order chi connectivity index (χ1) is 22.3. The molecule has 0 aromatic heterocycles. The van der Waals surface area contributed by atoms with E-state index in [4.69, 9.17) is 18.9 Å². The molecule has 1 atom stereocenters. The van der Waals surface area contributed by atoms with Crippen LogP contribution in [-0.2, 0) is 16.0 Å². The summed E-state index contributed by atoms with van der Waals surface area (Å²) in [7, 11) is 6.83. The van der Waals surface area contributed by atoms with Crippen molar-refractivity contribution in [1.29, 1.82) is 0 Å². The lowest BCUT2D eigenvalue weighted by atomic mass is 9.85. The van der Waals surface area contributed by atoms with Crippen molar-refractivity contribution in [3.63, 3.8) is 0 Å². The Hall–Kier alpha value is -3.40. The molecule has 2 heterocycles. The molecule has 1 unspecified atom stereocenters. The van der Waals surface area contributed by atoms with Gasteiger partial charge in [-0.1, -0.05) is 44.2 Å². The van der Waals surface area contributed by atoms with Crippen molar-refractivity contribution in [2.75, 3.05) is 79.2 Å². The molecule has 1 fully saturated rings. The number of unbranched alkanes of at least 4 members (excludes halogenated alkanes) is 1. The number of methoxy groups -OCH3 is 3. The van der Waals surface area contributed by atoms with Crippen LogP contribution in [0.3, 0.4) is 0 Å². The Kier molecular flexibility index (Phi) is 11.4. The number of anilines is 1. The molecule has 3 aromatic rings. The predicted molar refractivity (Wildman–Crippen MR) is 186 cm³/mol. The molecule has 3 aromatic carbocycles. The molecule has 2 aliphatic heterocycles. The number of amides is 1. The minimum Gasteiger partial charge on any atom is -0.493 e. The van der Waals surface area contributed by atoms with Gasteiger partial charge in [-0.05, 0) is 67.6 Å². The van der Waals surface area contributed by atoms with E-state index in [0.717, 1.165) is 80.4 Å². The Bertz CT molecular complexity index is 1450. The van der Waals surface area contributed by atoms with Crippen LogP contribution in [0.15, 0.2) is 65.6 Å². The Morgan fingerprint density at radius 2 is 1.43 bits per heavy atom. The molecular formula is C37H49N3O5S. The molecule has 0 N–H and O–H groups in total. The average Bonchev–Trinajstić information content (AvgIpc) is 3.08. The molecule has 1 saturated heterocycles. The quantitative estimate of drug-likeness (QED) is 0.188. The third kappa shape index (κ3) is 7.11. The molecule has 248 valence electrons. The van der Waals surface area contributed by atoms with Crippen molar-refractivity contribution < 1.29 is 23.7 Å². The molecule has 0 radical (unpaired) electrons. The van der Waals surface area contributed by atoms with Crippen molar-refractivity contribution in [3.8, 4) is 23.0 Å². The molecule has 46 heavy (non-hydrogen) atoms. The zero-order valence-electron chi connectivity index (χ0n) is 28.2. The number of para-hydroxylation sites is 2. The van der Waals surface area contributed by atoms with Crippen molar-refractivity contribution in [3.05, 3.63) is 71.8 Å². The number of hydrogen-bond acceptors (Lipinski definition) is 8. The van der Waals surface area contributed by atoms with Gasteiger partial charge in [-0.3, -0.25) is 4.79 Å². The molecule has 9 heteroatoms. The molecule has 0 bridgehead atoms. The summed E-state index contributed by atoms with van der Waals surface area (Å²) in [6, 6.07) is 20.4. The summed E-state index contributed by atoms with van der Waals surface area (Å²) < 4.78 is 22.2. The second-order valence-corrected chi connectivity index (χ2v) is 13.6. The first-order valence-electron chi connectivity index (χ1n) is 16.3. The Balaban J connectivity index is 1.10. The first-order valence-corrected chi connectivity index (χ1v) is 17.2. The van der Waals surface area contributed by atoms with Gasteiger partial charge < -0.3 is 33.6 Å². The van der Waals surface area contributed by atoms with Crippen LogP contribution in [0.1, 0.15) is 37.8 Å². The third-order valence-corrected chi connectivity index (χ3v) is 11.0. The molecular weight excluding hydrogens is 598 g/mol. The number of benzene rings is 3. The maximum Gasteiger partial charge on any atom is 0.248 e. The van der Waals surface area contributed by atoms with Gasteiger partial charge in [-0.15, -0.1) is 11.8 Å². The largest absolute Gasteiger partial charge is 0.493 e. The van der Waals surface area contributed by atoms with E-state index in [1.165, 1.54) is 5.56 Å². The van der Waals surface area contributed by atoms with Gasteiger partial charge in [0.15, 0.2) is 11.5 Å². The van der Waals surface area contributed by atoms with Crippen LogP contribution in [0.4, 0.5) is 5.69 Å². The van der Waals surface area contributed by atoms with E-state index < -0.39 is 4.75 Å². The van der Waals surface area contributed by atoms with E-state index >= 15 is 0 Å². The number of thioether (sulfide) groups is 1. The highest BCUT2D eigenvalue weighted by molar-refractivity contribution is 8.01. The topological polar surface area (TPSA) is 63.7 Å². The number of carbonyl (C=O) groups excluding carboxylic acids is 1. The minimum absolute atomic E-state index is 0.0751. The number of rotatable bonds is 14. The number of carbonyl (C=O) groups is 1. The lowest BCUT2D eigenvalue weighted by Crippen LogP contribution is -2.49. The second kappa shape index (κ2) is 15.5. The van der Waals surface area contributed by atoms with Gasteiger partial charge in [0.25, 0.3) is 0 Å². The van der Waals surface area contributed by atoms with E-state index in [1.807, 2.05) is 60.5 Å². The molecule has 0 aliphatic carbocycles. The fourth-order valence-corrected chi connectivity index (χ4v) is 8.11. The van der Waals surface area contributed by atoms with Gasteiger partial charge >= 0.3 is 0 Å². The summed E-state index contributed by atoms with van der Waals surface area (Å²) in [5.74, 6) is 3.02. The Morgan fingerprint density at radius 1 is 0.804 bits per heavy atom. The van der Waals surface area contributed by atoms with Crippen LogP contribution in [0.25, 0.3) is 0 Å². The zero-order valence-corrected chi connectivity index (χ0v) is 29.0. The monoisotopic (exact) mass is 647 g/mol. The maximum atomic E-state index is 14.0. The van der Waals surface area contributed by atoms with Crippen LogP contribution in [0, 0.1) is 5.92 Å². The summed E-state index contributed by atoms with van der Waals surface area (Å²) in [5, 5.41) is 0. The maximum absolute atomic E-state index is 14.0. The Labute approximate surface area is 278 Å². The van der Waals surface area contributed by atoms with Gasteiger partial charge in [0.1, 0.15) is 10.5 Å². The summed E-state index contributed by atoms with van der Waals surface area (Å²) in [6.45, 7) is 11.2. The van der Waals surface area contributed by atoms with E-state index in [-0.39, 0.29) is 11.8 Å². The summed E-state index contributed by atoms with van der Waals surface area (Å²) in [6.07, 6.45) is 2.97. The summed E-state index contributed by atoms with van der Waals surface area (Å²) in [4.78, 5) is 22.0. The molecule has 2 aliphatic rings. The second-order valence-electron chi connectivity index (χ2n) is 12.3. The van der Waals surface area contributed by atoms with E-state index in [9.17, 15) is 4.79 Å². The van der Waals surface area contributed by atoms with Crippen LogP contribution in [0.5, 0.6) is 23.0 Å². The van der Waals surface area contributed by atoms with Crippen molar-refractivity contribution in [2.24, 2.45) is 5.92 Å². The highest BCUT2D eigenvalue weighted by Crippen LogP contribution is 2.56. The van der Waals surface area contributed by atoms with Gasteiger partial charge in [-0.2, -0.15) is 0 Å². The molecule has 0 saturated carbocycles. The van der Waals surface area contributed by atoms with Gasteiger partial charge in [0.05, 0.1) is 33.6 Å². The fourth-order valence-electron chi connectivity index (χ4n) is 6.56. The van der Waals surface area contributed by atoms with Gasteiger partial charge in [-0.25, -0.2) is 0 Å². The minimum atomic E-state index is -0.745. The van der Waals surface area contributed by atoms with E-state index in [1.54, 1.807) is 33.1 Å². The van der Waals surface area contributed by atoms with Crippen LogP contribution >= 0.6 is 11.8 Å². The van der Waals surface area contributed by atoms with Crippen molar-refractivity contribution in [1.82, 2.24) is 9.80 Å². The number of likely N-dealkylation sites (N-methyl/N-ethyl adjacent to an activating group) is 1. The lowest BCUT2D eigenvalue weighted by Gasteiger charge is -2.44. The third-order valence-electron chi connectivity index (χ3n) is 9.25. The number of ether oxygens (including phenoxy) is 4. The Morgan fingerprint density at radius 3 is 2.09 bits per heavy atom. The highest BCUT2D eigenvalue weighted by atomic mass is 32.2. The number of hydrogen-bond donors (Lipinski definition) is 0. The smallest absolute Gasteiger partial charge is 0.248 e. The fraction of sp³-hybridized carbons (Fsp3) is 0.486. The lowest BCUT2D eigenvalue weighted by molar-refractivity contribution is -0.122. The van der Waals surface area contributed by atoms with E-state index in [0.29, 0.717) is 23.9 Å². The zero-order chi connectivity index (χ0) is 32.7. The number of fused-ring (bicyclic) bond motifs is 1. The molecule has 1 amide bonds. The molecule has 0 spiro atoms. The predicted octanol–water partition coefficient (Wildman–Crippen LogP) is 6.35. The van der Waals surface area contributed by atoms with Crippen molar-refractivity contribution >= 4 is 23.4 Å². The standard InChI is InChI=1S/C37H49N3O5S/c1-27(2)37(36(41)38(3)30-14-8-10-16-34(30)46-37)29-13-7-9-15-31(29)45-24-12-11-18-39-20-22-40(23-21-39)19-17-28-25-32(42-4)35(44-6)33(26-28)43-5/h7-10,13-16,25-27H,11-12,17-24H2,1-6H3. The number of piperazine rings is 1.